The lowest BCUT2D eigenvalue weighted by Gasteiger charge is -1.96. The van der Waals surface area contributed by atoms with Gasteiger partial charge in [0.05, 0.1) is 13.6 Å². The van der Waals surface area contributed by atoms with Gasteiger partial charge in [-0.2, -0.15) is 4.80 Å². The SMILES string of the molecule is Cn1nnc(Cn2ccc(CCN)c2)n1. The van der Waals surface area contributed by atoms with Crippen LogP contribution in [0.2, 0.25) is 0 Å². The predicted molar refractivity (Wildman–Crippen MR) is 55.1 cm³/mol. The second-order valence-electron chi connectivity index (χ2n) is 3.43. The van der Waals surface area contributed by atoms with Crippen molar-refractivity contribution < 1.29 is 0 Å². The van der Waals surface area contributed by atoms with Crippen LogP contribution in [0.15, 0.2) is 18.5 Å². The van der Waals surface area contributed by atoms with Gasteiger partial charge in [-0.15, -0.1) is 10.2 Å². The zero-order valence-corrected chi connectivity index (χ0v) is 8.67. The number of nitrogens with zero attached hydrogens (tertiary/aromatic N) is 5. The van der Waals surface area contributed by atoms with Gasteiger partial charge in [-0.1, -0.05) is 0 Å². The number of hydrogen-bond donors (Lipinski definition) is 1. The monoisotopic (exact) mass is 206 g/mol. The fourth-order valence-electron chi connectivity index (χ4n) is 1.45. The molecule has 0 fully saturated rings. The van der Waals surface area contributed by atoms with E-state index < -0.39 is 0 Å². The minimum atomic E-state index is 0.651. The highest BCUT2D eigenvalue weighted by atomic mass is 15.6. The second kappa shape index (κ2) is 4.22. The molecular formula is C9H14N6. The van der Waals surface area contributed by atoms with Gasteiger partial charge in [0, 0.05) is 12.4 Å². The van der Waals surface area contributed by atoms with Gasteiger partial charge in [-0.05, 0) is 29.8 Å². The van der Waals surface area contributed by atoms with Crippen molar-refractivity contribution in [2.24, 2.45) is 12.8 Å². The minimum absolute atomic E-state index is 0.651. The summed E-state index contributed by atoms with van der Waals surface area (Å²) in [6, 6.07) is 2.06. The van der Waals surface area contributed by atoms with E-state index in [0.717, 1.165) is 6.42 Å². The summed E-state index contributed by atoms with van der Waals surface area (Å²) < 4.78 is 2.03. The Morgan fingerprint density at radius 2 is 2.33 bits per heavy atom. The Balaban J connectivity index is 2.04. The zero-order chi connectivity index (χ0) is 10.7. The predicted octanol–water partition coefficient (Wildman–Crippen LogP) is -0.439. The molecule has 0 amide bonds. The first-order valence-electron chi connectivity index (χ1n) is 4.85. The molecule has 0 aliphatic heterocycles. The molecule has 0 aromatic carbocycles. The molecule has 15 heavy (non-hydrogen) atoms. The average molecular weight is 206 g/mol. The number of aryl methyl sites for hydroxylation is 1. The molecule has 0 aliphatic carbocycles. The number of nitrogens with two attached hydrogens (primary N) is 1. The molecule has 2 aromatic rings. The third kappa shape index (κ3) is 2.41. The summed E-state index contributed by atoms with van der Waals surface area (Å²) in [5.74, 6) is 0.715. The summed E-state index contributed by atoms with van der Waals surface area (Å²) in [6.07, 6.45) is 4.96. The van der Waals surface area contributed by atoms with Crippen LogP contribution in [-0.4, -0.2) is 31.3 Å². The Morgan fingerprint density at radius 3 is 3.00 bits per heavy atom. The lowest BCUT2D eigenvalue weighted by atomic mass is 10.2. The normalized spacial score (nSPS) is 10.8. The molecule has 80 valence electrons. The first-order valence-corrected chi connectivity index (χ1v) is 4.85. The van der Waals surface area contributed by atoms with E-state index in [2.05, 4.69) is 27.7 Å². The Morgan fingerprint density at radius 1 is 1.47 bits per heavy atom. The fourth-order valence-corrected chi connectivity index (χ4v) is 1.45. The number of hydrogen-bond acceptors (Lipinski definition) is 4. The first-order chi connectivity index (χ1) is 7.28. The van der Waals surface area contributed by atoms with E-state index in [0.29, 0.717) is 18.9 Å². The number of tetrazole rings is 1. The average Bonchev–Trinajstić information content (AvgIpc) is 2.78. The fraction of sp³-hybridized carbons (Fsp3) is 0.444. The van der Waals surface area contributed by atoms with Crippen LogP contribution in [0.5, 0.6) is 0 Å². The largest absolute Gasteiger partial charge is 0.346 e. The standard InChI is InChI=1S/C9H14N6/c1-14-12-9(11-13-14)7-15-5-3-8(6-15)2-4-10/h3,5-6H,2,4,7,10H2,1H3. The van der Waals surface area contributed by atoms with E-state index in [1.807, 2.05) is 10.8 Å². The van der Waals surface area contributed by atoms with Crippen LogP contribution in [0.1, 0.15) is 11.4 Å². The van der Waals surface area contributed by atoms with Crippen LogP contribution in [0.25, 0.3) is 0 Å². The third-order valence-electron chi connectivity index (χ3n) is 2.12. The molecule has 0 atom stereocenters. The van der Waals surface area contributed by atoms with Gasteiger partial charge in [0.1, 0.15) is 0 Å². The van der Waals surface area contributed by atoms with E-state index >= 15 is 0 Å². The van der Waals surface area contributed by atoms with Crippen LogP contribution < -0.4 is 5.73 Å². The molecular weight excluding hydrogens is 192 g/mol. The van der Waals surface area contributed by atoms with E-state index in [-0.39, 0.29) is 0 Å². The molecule has 0 unspecified atom stereocenters. The molecule has 2 N–H and O–H groups in total. The van der Waals surface area contributed by atoms with Crippen LogP contribution in [-0.2, 0) is 20.0 Å². The molecule has 0 bridgehead atoms. The first kappa shape index (κ1) is 9.85. The van der Waals surface area contributed by atoms with Crippen molar-refractivity contribution in [3.63, 3.8) is 0 Å². The van der Waals surface area contributed by atoms with Gasteiger partial charge in [0.2, 0.25) is 0 Å². The molecule has 0 saturated heterocycles. The second-order valence-corrected chi connectivity index (χ2v) is 3.43. The Kier molecular flexibility index (Phi) is 2.77. The lowest BCUT2D eigenvalue weighted by Crippen LogP contribution is -2.02. The quantitative estimate of drug-likeness (QED) is 0.736. The molecule has 0 radical (unpaired) electrons. The smallest absolute Gasteiger partial charge is 0.194 e. The van der Waals surface area contributed by atoms with Crippen molar-refractivity contribution in [2.45, 2.75) is 13.0 Å². The maximum Gasteiger partial charge on any atom is 0.194 e. The summed E-state index contributed by atoms with van der Waals surface area (Å²) in [5, 5.41) is 11.8. The highest BCUT2D eigenvalue weighted by Gasteiger charge is 2.02. The number of aromatic nitrogens is 5. The maximum absolute atomic E-state index is 5.48. The van der Waals surface area contributed by atoms with Crippen molar-refractivity contribution in [1.29, 1.82) is 0 Å². The summed E-state index contributed by atoms with van der Waals surface area (Å²) in [6.45, 7) is 1.33. The van der Waals surface area contributed by atoms with Crippen LogP contribution >= 0.6 is 0 Å². The highest BCUT2D eigenvalue weighted by Crippen LogP contribution is 2.03. The molecule has 0 aliphatic rings. The Hall–Kier alpha value is -1.69. The van der Waals surface area contributed by atoms with Gasteiger partial charge in [-0.3, -0.25) is 0 Å². The zero-order valence-electron chi connectivity index (χ0n) is 8.67. The van der Waals surface area contributed by atoms with Gasteiger partial charge in [0.25, 0.3) is 0 Å². The third-order valence-corrected chi connectivity index (χ3v) is 2.12. The van der Waals surface area contributed by atoms with Gasteiger partial charge < -0.3 is 10.3 Å². The van der Waals surface area contributed by atoms with Crippen molar-refractivity contribution in [3.8, 4) is 0 Å². The molecule has 2 heterocycles. The lowest BCUT2D eigenvalue weighted by molar-refractivity contribution is 0.625. The van der Waals surface area contributed by atoms with E-state index in [1.165, 1.54) is 10.4 Å². The molecule has 2 aromatic heterocycles. The van der Waals surface area contributed by atoms with E-state index in [4.69, 9.17) is 5.73 Å². The summed E-state index contributed by atoms with van der Waals surface area (Å²) in [4.78, 5) is 1.46. The van der Waals surface area contributed by atoms with Crippen molar-refractivity contribution in [2.75, 3.05) is 6.54 Å². The molecule has 6 nitrogen and oxygen atoms in total. The molecule has 2 rings (SSSR count). The summed E-state index contributed by atoms with van der Waals surface area (Å²) in [7, 11) is 1.76. The van der Waals surface area contributed by atoms with E-state index in [9.17, 15) is 0 Å². The van der Waals surface area contributed by atoms with Crippen molar-refractivity contribution in [1.82, 2.24) is 24.8 Å². The molecule has 0 spiro atoms. The van der Waals surface area contributed by atoms with Crippen molar-refractivity contribution >= 4 is 0 Å². The topological polar surface area (TPSA) is 74.5 Å². The summed E-state index contributed by atoms with van der Waals surface area (Å²) >= 11 is 0. The van der Waals surface area contributed by atoms with E-state index in [1.54, 1.807) is 7.05 Å². The molecule has 6 heteroatoms. The van der Waals surface area contributed by atoms with Gasteiger partial charge >= 0.3 is 0 Å². The van der Waals surface area contributed by atoms with Crippen molar-refractivity contribution in [3.05, 3.63) is 29.8 Å². The van der Waals surface area contributed by atoms with Gasteiger partial charge in [0.15, 0.2) is 5.82 Å². The minimum Gasteiger partial charge on any atom is -0.346 e. The Labute approximate surface area is 87.7 Å². The highest BCUT2D eigenvalue weighted by molar-refractivity contribution is 5.11. The maximum atomic E-state index is 5.48. The summed E-state index contributed by atoms with van der Waals surface area (Å²) in [5.41, 5.74) is 6.72. The Bertz CT molecular complexity index is 429. The number of rotatable bonds is 4. The molecule has 0 saturated carbocycles. The van der Waals surface area contributed by atoms with Gasteiger partial charge in [-0.25, -0.2) is 0 Å². The van der Waals surface area contributed by atoms with Crippen LogP contribution in [0.3, 0.4) is 0 Å². The van der Waals surface area contributed by atoms with Crippen LogP contribution in [0.4, 0.5) is 0 Å². The van der Waals surface area contributed by atoms with Crippen LogP contribution in [0, 0.1) is 0 Å².